The average molecular weight is 391 g/mol. The minimum Gasteiger partial charge on any atom is -0.493 e. The van der Waals surface area contributed by atoms with Gasteiger partial charge in [0.15, 0.2) is 0 Å². The van der Waals surface area contributed by atoms with Crippen LogP contribution in [0, 0.1) is 0 Å². The Labute approximate surface area is 134 Å². The van der Waals surface area contributed by atoms with Gasteiger partial charge in [-0.25, -0.2) is 0 Å². The first-order valence-electron chi connectivity index (χ1n) is 6.92. The van der Waals surface area contributed by atoms with E-state index in [0.717, 1.165) is 35.3 Å². The second kappa shape index (κ2) is 10.9. The van der Waals surface area contributed by atoms with Crippen molar-refractivity contribution in [1.29, 1.82) is 0 Å². The first-order valence-corrected chi connectivity index (χ1v) is 8.45. The Bertz CT molecular complexity index is 381. The van der Waals surface area contributed by atoms with Crippen molar-refractivity contribution >= 4 is 34.2 Å². The molecule has 0 aliphatic heterocycles. The Hall–Kier alpha value is -0.820. The third kappa shape index (κ3) is 7.69. The molecule has 0 heterocycles. The van der Waals surface area contributed by atoms with E-state index in [0.29, 0.717) is 19.6 Å². The highest BCUT2D eigenvalue weighted by Gasteiger charge is 2.02. The largest absolute Gasteiger partial charge is 0.493 e. The highest BCUT2D eigenvalue weighted by Crippen LogP contribution is 2.16. The zero-order valence-electron chi connectivity index (χ0n) is 11.9. The standard InChI is InChI=1S/C15H22INO3/c1-2-10-19-11-3-4-15(18)17-13-5-7-14(8-6-13)20-12-9-16/h5-8H,2-4,9-12H2,1H3,(H,17,18). The number of anilines is 1. The quantitative estimate of drug-likeness (QED) is 0.376. The number of carbonyl (C=O) groups is 1. The van der Waals surface area contributed by atoms with Crippen LogP contribution in [0.5, 0.6) is 5.75 Å². The van der Waals surface area contributed by atoms with Crippen LogP contribution in [0.25, 0.3) is 0 Å². The second-order valence-corrected chi connectivity index (χ2v) is 5.40. The van der Waals surface area contributed by atoms with Gasteiger partial charge in [0, 0.05) is 29.7 Å². The van der Waals surface area contributed by atoms with Gasteiger partial charge in [-0.3, -0.25) is 4.79 Å². The summed E-state index contributed by atoms with van der Waals surface area (Å²) in [4.78, 5) is 11.7. The first-order chi connectivity index (χ1) is 9.76. The summed E-state index contributed by atoms with van der Waals surface area (Å²) in [7, 11) is 0. The predicted octanol–water partition coefficient (Wildman–Crippen LogP) is 3.65. The number of nitrogens with one attached hydrogen (secondary N) is 1. The van der Waals surface area contributed by atoms with Crippen LogP contribution in [0.3, 0.4) is 0 Å². The molecule has 0 radical (unpaired) electrons. The minimum atomic E-state index is 0.0195. The molecule has 0 aliphatic carbocycles. The van der Waals surface area contributed by atoms with Crippen LogP contribution in [0.15, 0.2) is 24.3 Å². The molecule has 0 aromatic heterocycles. The zero-order valence-corrected chi connectivity index (χ0v) is 14.0. The van der Waals surface area contributed by atoms with Gasteiger partial charge in [0.25, 0.3) is 0 Å². The van der Waals surface area contributed by atoms with Gasteiger partial charge >= 0.3 is 0 Å². The molecule has 1 N–H and O–H groups in total. The summed E-state index contributed by atoms with van der Waals surface area (Å²) in [6.07, 6.45) is 2.25. The van der Waals surface area contributed by atoms with Gasteiger partial charge in [0.2, 0.25) is 5.91 Å². The summed E-state index contributed by atoms with van der Waals surface area (Å²) in [6, 6.07) is 7.45. The lowest BCUT2D eigenvalue weighted by molar-refractivity contribution is -0.116. The molecule has 4 nitrogen and oxygen atoms in total. The van der Waals surface area contributed by atoms with Gasteiger partial charge in [0.05, 0.1) is 6.61 Å². The van der Waals surface area contributed by atoms with Crippen molar-refractivity contribution in [2.75, 3.05) is 29.6 Å². The normalized spacial score (nSPS) is 10.3. The number of hydrogen-bond acceptors (Lipinski definition) is 3. The van der Waals surface area contributed by atoms with Crippen LogP contribution in [0.4, 0.5) is 5.69 Å². The second-order valence-electron chi connectivity index (χ2n) is 4.33. The fourth-order valence-electron chi connectivity index (χ4n) is 1.60. The maximum Gasteiger partial charge on any atom is 0.224 e. The molecule has 1 amide bonds. The minimum absolute atomic E-state index is 0.0195. The lowest BCUT2D eigenvalue weighted by Crippen LogP contribution is -2.12. The van der Waals surface area contributed by atoms with Crippen molar-refractivity contribution in [3.05, 3.63) is 24.3 Å². The van der Waals surface area contributed by atoms with Crippen molar-refractivity contribution in [2.24, 2.45) is 0 Å². The number of alkyl halides is 1. The monoisotopic (exact) mass is 391 g/mol. The van der Waals surface area contributed by atoms with Crippen molar-refractivity contribution < 1.29 is 14.3 Å². The van der Waals surface area contributed by atoms with E-state index in [9.17, 15) is 4.79 Å². The topological polar surface area (TPSA) is 47.6 Å². The lowest BCUT2D eigenvalue weighted by atomic mass is 10.2. The van der Waals surface area contributed by atoms with Crippen molar-refractivity contribution in [3.63, 3.8) is 0 Å². The maximum absolute atomic E-state index is 11.7. The van der Waals surface area contributed by atoms with Crippen LogP contribution in [-0.4, -0.2) is 30.2 Å². The molecule has 0 fully saturated rings. The van der Waals surface area contributed by atoms with E-state index < -0.39 is 0 Å². The molecule has 112 valence electrons. The number of rotatable bonds is 10. The summed E-state index contributed by atoms with van der Waals surface area (Å²) < 4.78 is 11.8. The molecule has 1 rings (SSSR count). The lowest BCUT2D eigenvalue weighted by Gasteiger charge is -2.07. The Kier molecular flexibility index (Phi) is 9.40. The fraction of sp³-hybridized carbons (Fsp3) is 0.533. The number of carbonyl (C=O) groups excluding carboxylic acids is 1. The molecular weight excluding hydrogens is 369 g/mol. The zero-order chi connectivity index (χ0) is 14.6. The van der Waals surface area contributed by atoms with Crippen LogP contribution in [-0.2, 0) is 9.53 Å². The Balaban J connectivity index is 2.24. The van der Waals surface area contributed by atoms with E-state index in [1.165, 1.54) is 0 Å². The van der Waals surface area contributed by atoms with E-state index in [1.807, 2.05) is 24.3 Å². The van der Waals surface area contributed by atoms with Crippen LogP contribution >= 0.6 is 22.6 Å². The van der Waals surface area contributed by atoms with E-state index in [4.69, 9.17) is 9.47 Å². The van der Waals surface area contributed by atoms with Crippen molar-refractivity contribution in [3.8, 4) is 5.75 Å². The number of hydrogen-bond donors (Lipinski definition) is 1. The molecular formula is C15H22INO3. The summed E-state index contributed by atoms with van der Waals surface area (Å²) in [6.45, 7) is 4.18. The maximum atomic E-state index is 11.7. The van der Waals surface area contributed by atoms with E-state index in [-0.39, 0.29) is 5.91 Å². The summed E-state index contributed by atoms with van der Waals surface area (Å²) >= 11 is 2.27. The molecule has 5 heteroatoms. The third-order valence-electron chi connectivity index (χ3n) is 2.52. The third-order valence-corrected chi connectivity index (χ3v) is 2.97. The highest BCUT2D eigenvalue weighted by molar-refractivity contribution is 14.1. The van der Waals surface area contributed by atoms with Gasteiger partial charge in [-0.1, -0.05) is 29.5 Å². The van der Waals surface area contributed by atoms with Gasteiger partial charge < -0.3 is 14.8 Å². The van der Waals surface area contributed by atoms with E-state index >= 15 is 0 Å². The molecule has 0 atom stereocenters. The number of ether oxygens (including phenoxy) is 2. The molecule has 1 aromatic carbocycles. The molecule has 0 unspecified atom stereocenters. The summed E-state index contributed by atoms with van der Waals surface area (Å²) in [5, 5.41) is 2.86. The van der Waals surface area contributed by atoms with Crippen LogP contribution in [0.1, 0.15) is 26.2 Å². The summed E-state index contributed by atoms with van der Waals surface area (Å²) in [5.74, 6) is 0.846. The van der Waals surface area contributed by atoms with Crippen molar-refractivity contribution in [2.45, 2.75) is 26.2 Å². The number of halogens is 1. The molecule has 0 saturated carbocycles. The van der Waals surface area contributed by atoms with E-state index in [1.54, 1.807) is 0 Å². The predicted molar refractivity (Wildman–Crippen MR) is 89.8 cm³/mol. The molecule has 0 spiro atoms. The van der Waals surface area contributed by atoms with E-state index in [2.05, 4.69) is 34.8 Å². The van der Waals surface area contributed by atoms with Gasteiger partial charge in [-0.05, 0) is 37.1 Å². The fourth-order valence-corrected chi connectivity index (χ4v) is 1.82. The van der Waals surface area contributed by atoms with Gasteiger partial charge in [-0.15, -0.1) is 0 Å². The van der Waals surface area contributed by atoms with Crippen LogP contribution < -0.4 is 10.1 Å². The van der Waals surface area contributed by atoms with Crippen molar-refractivity contribution in [1.82, 2.24) is 0 Å². The van der Waals surface area contributed by atoms with Crippen LogP contribution in [0.2, 0.25) is 0 Å². The smallest absolute Gasteiger partial charge is 0.224 e. The Morgan fingerprint density at radius 3 is 2.60 bits per heavy atom. The molecule has 0 bridgehead atoms. The highest BCUT2D eigenvalue weighted by atomic mass is 127. The Morgan fingerprint density at radius 1 is 1.20 bits per heavy atom. The molecule has 0 saturated heterocycles. The van der Waals surface area contributed by atoms with Gasteiger partial charge in [-0.2, -0.15) is 0 Å². The molecule has 0 aliphatic rings. The molecule has 20 heavy (non-hydrogen) atoms. The van der Waals surface area contributed by atoms with Gasteiger partial charge in [0.1, 0.15) is 5.75 Å². The molecule has 1 aromatic rings. The first kappa shape index (κ1) is 17.2. The SMILES string of the molecule is CCCOCCCC(=O)Nc1ccc(OCCI)cc1. The average Bonchev–Trinajstić information content (AvgIpc) is 2.46. The summed E-state index contributed by atoms with van der Waals surface area (Å²) in [5.41, 5.74) is 0.798. The number of benzene rings is 1. The number of amides is 1. The Morgan fingerprint density at radius 2 is 1.95 bits per heavy atom.